The predicted octanol–water partition coefficient (Wildman–Crippen LogP) is 3.67. The molecule has 108 valence electrons. The minimum Gasteiger partial charge on any atom is -0.389 e. The van der Waals surface area contributed by atoms with E-state index in [2.05, 4.69) is 15.9 Å². The minimum atomic E-state index is -0.0614. The summed E-state index contributed by atoms with van der Waals surface area (Å²) in [5, 5.41) is 0. The number of halogens is 1. The van der Waals surface area contributed by atoms with E-state index in [9.17, 15) is 4.79 Å². The zero-order valence-electron chi connectivity index (χ0n) is 11.8. The highest BCUT2D eigenvalue weighted by Gasteiger charge is 2.14. The highest BCUT2D eigenvalue weighted by Crippen LogP contribution is 2.20. The van der Waals surface area contributed by atoms with E-state index in [-0.39, 0.29) is 5.91 Å². The molecule has 0 heterocycles. The van der Waals surface area contributed by atoms with E-state index in [1.807, 2.05) is 43.3 Å². The van der Waals surface area contributed by atoms with E-state index in [4.69, 9.17) is 18.0 Å². The third kappa shape index (κ3) is 3.49. The average molecular weight is 363 g/mol. The first-order valence-corrected chi connectivity index (χ1v) is 7.54. The Morgan fingerprint density at radius 2 is 1.71 bits per heavy atom. The lowest BCUT2D eigenvalue weighted by atomic mass is 10.1. The first-order chi connectivity index (χ1) is 9.90. The van der Waals surface area contributed by atoms with Crippen LogP contribution in [0.3, 0.4) is 0 Å². The fraction of sp³-hybridized carbons (Fsp3) is 0.125. The van der Waals surface area contributed by atoms with Gasteiger partial charge in [-0.2, -0.15) is 0 Å². The average Bonchev–Trinajstić information content (AvgIpc) is 2.48. The van der Waals surface area contributed by atoms with Crippen LogP contribution in [0.5, 0.6) is 0 Å². The number of anilines is 1. The molecule has 0 spiro atoms. The Balaban J connectivity index is 2.25. The van der Waals surface area contributed by atoms with Crippen LogP contribution in [0.25, 0.3) is 0 Å². The van der Waals surface area contributed by atoms with Gasteiger partial charge < -0.3 is 10.6 Å². The molecule has 0 atom stereocenters. The SMILES string of the molecule is Cc1cc(C(=O)N(C)c2ccc(C(N)=S)cc2)ccc1Br. The first kappa shape index (κ1) is 15.7. The quantitative estimate of drug-likeness (QED) is 0.847. The van der Waals surface area contributed by atoms with Crippen LogP contribution in [0.1, 0.15) is 21.5 Å². The molecule has 0 aromatic heterocycles. The van der Waals surface area contributed by atoms with Crippen molar-refractivity contribution in [1.29, 1.82) is 0 Å². The summed E-state index contributed by atoms with van der Waals surface area (Å²) in [7, 11) is 1.75. The van der Waals surface area contributed by atoms with Crippen molar-refractivity contribution < 1.29 is 4.79 Å². The summed E-state index contributed by atoms with van der Waals surface area (Å²) < 4.78 is 0.988. The van der Waals surface area contributed by atoms with Gasteiger partial charge in [-0.15, -0.1) is 0 Å². The van der Waals surface area contributed by atoms with Gasteiger partial charge in [-0.05, 0) is 55.0 Å². The van der Waals surface area contributed by atoms with Gasteiger partial charge in [0.1, 0.15) is 4.99 Å². The first-order valence-electron chi connectivity index (χ1n) is 6.34. The third-order valence-corrected chi connectivity index (χ3v) is 4.37. The number of carbonyl (C=O) groups is 1. The van der Waals surface area contributed by atoms with E-state index < -0.39 is 0 Å². The van der Waals surface area contributed by atoms with Crippen LogP contribution in [0, 0.1) is 6.92 Å². The molecule has 0 unspecified atom stereocenters. The number of aryl methyl sites for hydroxylation is 1. The fourth-order valence-electron chi connectivity index (χ4n) is 1.94. The molecule has 1 amide bonds. The Labute approximate surface area is 137 Å². The van der Waals surface area contributed by atoms with Crippen molar-refractivity contribution in [3.05, 3.63) is 63.6 Å². The number of hydrogen-bond acceptors (Lipinski definition) is 2. The van der Waals surface area contributed by atoms with Crippen molar-refractivity contribution in [1.82, 2.24) is 0 Å². The van der Waals surface area contributed by atoms with Gasteiger partial charge in [0.15, 0.2) is 0 Å². The molecule has 2 rings (SSSR count). The Bertz CT molecular complexity index is 698. The Morgan fingerprint density at radius 1 is 1.14 bits per heavy atom. The molecular weight excluding hydrogens is 348 g/mol. The van der Waals surface area contributed by atoms with Gasteiger partial charge in [-0.25, -0.2) is 0 Å². The molecule has 21 heavy (non-hydrogen) atoms. The summed E-state index contributed by atoms with van der Waals surface area (Å²) in [6, 6.07) is 12.8. The molecule has 2 aromatic carbocycles. The maximum absolute atomic E-state index is 12.5. The number of nitrogens with zero attached hydrogens (tertiary/aromatic N) is 1. The fourth-order valence-corrected chi connectivity index (χ4v) is 2.32. The molecule has 2 aromatic rings. The van der Waals surface area contributed by atoms with E-state index in [1.165, 1.54) is 0 Å². The van der Waals surface area contributed by atoms with Crippen LogP contribution in [-0.4, -0.2) is 17.9 Å². The Hall–Kier alpha value is -1.72. The van der Waals surface area contributed by atoms with Gasteiger partial charge >= 0.3 is 0 Å². The molecule has 0 aliphatic heterocycles. The highest BCUT2D eigenvalue weighted by molar-refractivity contribution is 9.10. The molecule has 0 bridgehead atoms. The molecule has 0 saturated heterocycles. The molecule has 3 nitrogen and oxygen atoms in total. The van der Waals surface area contributed by atoms with Crippen LogP contribution in [0.4, 0.5) is 5.69 Å². The lowest BCUT2D eigenvalue weighted by Crippen LogP contribution is -2.26. The van der Waals surface area contributed by atoms with Crippen LogP contribution in [0.2, 0.25) is 0 Å². The number of benzene rings is 2. The molecule has 0 aliphatic rings. The van der Waals surface area contributed by atoms with Crippen molar-refractivity contribution in [2.24, 2.45) is 5.73 Å². The zero-order chi connectivity index (χ0) is 15.6. The lowest BCUT2D eigenvalue weighted by Gasteiger charge is -2.18. The largest absolute Gasteiger partial charge is 0.389 e. The zero-order valence-corrected chi connectivity index (χ0v) is 14.2. The van der Waals surface area contributed by atoms with Crippen molar-refractivity contribution in [3.63, 3.8) is 0 Å². The summed E-state index contributed by atoms with van der Waals surface area (Å²) >= 11 is 8.35. The Morgan fingerprint density at radius 3 is 2.24 bits per heavy atom. The van der Waals surface area contributed by atoms with Gasteiger partial charge in [-0.3, -0.25) is 4.79 Å². The van der Waals surface area contributed by atoms with Gasteiger partial charge in [0.25, 0.3) is 5.91 Å². The van der Waals surface area contributed by atoms with Gasteiger partial charge in [-0.1, -0.05) is 28.1 Å². The topological polar surface area (TPSA) is 46.3 Å². The van der Waals surface area contributed by atoms with Crippen LogP contribution in [-0.2, 0) is 0 Å². The summed E-state index contributed by atoms with van der Waals surface area (Å²) in [4.78, 5) is 14.4. The standard InChI is InChI=1S/C16H15BrN2OS/c1-10-9-12(5-8-14(10)17)16(20)19(2)13-6-3-11(4-7-13)15(18)21/h3-9H,1-2H3,(H2,18,21). The second-order valence-electron chi connectivity index (χ2n) is 4.74. The maximum atomic E-state index is 12.5. The third-order valence-electron chi connectivity index (χ3n) is 3.25. The maximum Gasteiger partial charge on any atom is 0.258 e. The van der Waals surface area contributed by atoms with Gasteiger partial charge in [0.05, 0.1) is 0 Å². The molecule has 2 N–H and O–H groups in total. The molecule has 0 saturated carbocycles. The van der Waals surface area contributed by atoms with E-state index >= 15 is 0 Å². The smallest absolute Gasteiger partial charge is 0.258 e. The summed E-state index contributed by atoms with van der Waals surface area (Å²) in [6.45, 7) is 1.96. The highest BCUT2D eigenvalue weighted by atomic mass is 79.9. The second-order valence-corrected chi connectivity index (χ2v) is 6.03. The van der Waals surface area contributed by atoms with Crippen molar-refractivity contribution in [2.75, 3.05) is 11.9 Å². The van der Waals surface area contributed by atoms with Crippen LogP contribution < -0.4 is 10.6 Å². The van der Waals surface area contributed by atoms with Crippen molar-refractivity contribution >= 4 is 44.7 Å². The molecule has 0 radical (unpaired) electrons. The predicted molar refractivity (Wildman–Crippen MR) is 93.9 cm³/mol. The number of amides is 1. The minimum absolute atomic E-state index is 0.0614. The van der Waals surface area contributed by atoms with E-state index in [0.717, 1.165) is 21.3 Å². The van der Waals surface area contributed by atoms with Gasteiger partial charge in [0, 0.05) is 28.3 Å². The summed E-state index contributed by atoms with van der Waals surface area (Å²) in [5.41, 5.74) is 8.82. The van der Waals surface area contributed by atoms with E-state index in [0.29, 0.717) is 10.6 Å². The van der Waals surface area contributed by atoms with Crippen molar-refractivity contribution in [2.45, 2.75) is 6.92 Å². The monoisotopic (exact) mass is 362 g/mol. The number of nitrogens with two attached hydrogens (primary N) is 1. The molecule has 5 heteroatoms. The number of thiocarbonyl (C=S) groups is 1. The number of carbonyl (C=O) groups excluding carboxylic acids is 1. The number of hydrogen-bond donors (Lipinski definition) is 1. The molecular formula is C16H15BrN2OS. The number of rotatable bonds is 3. The summed E-state index contributed by atoms with van der Waals surface area (Å²) in [5.74, 6) is -0.0614. The molecule has 0 fully saturated rings. The normalized spacial score (nSPS) is 10.2. The summed E-state index contributed by atoms with van der Waals surface area (Å²) in [6.07, 6.45) is 0. The lowest BCUT2D eigenvalue weighted by molar-refractivity contribution is 0.0993. The molecule has 0 aliphatic carbocycles. The van der Waals surface area contributed by atoms with Crippen LogP contribution in [0.15, 0.2) is 46.9 Å². The van der Waals surface area contributed by atoms with E-state index in [1.54, 1.807) is 18.0 Å². The second kappa shape index (κ2) is 6.37. The van der Waals surface area contributed by atoms with Crippen molar-refractivity contribution in [3.8, 4) is 0 Å². The van der Waals surface area contributed by atoms with Gasteiger partial charge in [0.2, 0.25) is 0 Å². The van der Waals surface area contributed by atoms with Crippen LogP contribution >= 0.6 is 28.1 Å². The Kier molecular flexibility index (Phi) is 4.75.